The molecule has 1 aromatic rings. The second-order valence-electron chi connectivity index (χ2n) is 2.61. The van der Waals surface area contributed by atoms with Gasteiger partial charge in [0, 0.05) is 10.0 Å². The van der Waals surface area contributed by atoms with Gasteiger partial charge in [-0.15, -0.1) is 12.4 Å². The van der Waals surface area contributed by atoms with E-state index in [9.17, 15) is 5.11 Å². The number of phenols is 1. The van der Waals surface area contributed by atoms with E-state index in [1.807, 2.05) is 0 Å². The van der Waals surface area contributed by atoms with E-state index < -0.39 is 6.04 Å². The van der Waals surface area contributed by atoms with Crippen LogP contribution in [0.4, 0.5) is 0 Å². The predicted octanol–water partition coefficient (Wildman–Crippen LogP) is 2.22. The molecule has 0 radical (unpaired) electrons. The first kappa shape index (κ1) is 14.0. The molecule has 0 bridgehead atoms. The number of hydrogen-bond acceptors (Lipinski definition) is 3. The second kappa shape index (κ2) is 5.78. The van der Waals surface area contributed by atoms with Crippen molar-refractivity contribution in [1.82, 2.24) is 0 Å². The number of halogens is 3. The summed E-state index contributed by atoms with van der Waals surface area (Å²) < 4.78 is 0.717. The molecule has 0 saturated carbocycles. The van der Waals surface area contributed by atoms with Crippen molar-refractivity contribution in [3.8, 4) is 5.75 Å². The molecule has 0 aromatic heterocycles. The second-order valence-corrected chi connectivity index (χ2v) is 3.94. The molecule has 6 heteroatoms. The Labute approximate surface area is 101 Å². The molecule has 1 atom stereocenters. The number of rotatable bonds is 2. The van der Waals surface area contributed by atoms with Gasteiger partial charge in [0.2, 0.25) is 0 Å². The molecular formula is C8H10BrCl2NO2. The van der Waals surface area contributed by atoms with E-state index >= 15 is 0 Å². The number of benzene rings is 1. The molecule has 0 unspecified atom stereocenters. The molecule has 1 rings (SSSR count). The number of aromatic hydroxyl groups is 1. The summed E-state index contributed by atoms with van der Waals surface area (Å²) in [6.45, 7) is -0.236. The SMILES string of the molecule is Cl.N[C@H](CO)c1cc(Br)cc(Cl)c1O. The van der Waals surface area contributed by atoms with Crippen molar-refractivity contribution in [2.75, 3.05) is 6.61 Å². The van der Waals surface area contributed by atoms with Gasteiger partial charge >= 0.3 is 0 Å². The Hall–Kier alpha value is -0.000000000000000111. The van der Waals surface area contributed by atoms with Crippen LogP contribution in [0.2, 0.25) is 5.02 Å². The summed E-state index contributed by atoms with van der Waals surface area (Å²) in [6.07, 6.45) is 0. The first-order chi connectivity index (χ1) is 6.06. The van der Waals surface area contributed by atoms with Crippen LogP contribution in [0.3, 0.4) is 0 Å². The van der Waals surface area contributed by atoms with E-state index in [1.54, 1.807) is 12.1 Å². The van der Waals surface area contributed by atoms with E-state index in [0.29, 0.717) is 10.0 Å². The number of aliphatic hydroxyl groups is 1. The molecule has 14 heavy (non-hydrogen) atoms. The number of nitrogens with two attached hydrogens (primary N) is 1. The van der Waals surface area contributed by atoms with Gasteiger partial charge in [-0.1, -0.05) is 27.5 Å². The molecular weight excluding hydrogens is 293 g/mol. The van der Waals surface area contributed by atoms with Crippen LogP contribution in [-0.2, 0) is 0 Å². The van der Waals surface area contributed by atoms with Gasteiger partial charge in [0.05, 0.1) is 17.7 Å². The monoisotopic (exact) mass is 301 g/mol. The van der Waals surface area contributed by atoms with Gasteiger partial charge in [-0.3, -0.25) is 0 Å². The minimum Gasteiger partial charge on any atom is -0.506 e. The topological polar surface area (TPSA) is 66.5 Å². The highest BCUT2D eigenvalue weighted by Crippen LogP contribution is 2.33. The smallest absolute Gasteiger partial charge is 0.139 e. The third kappa shape index (κ3) is 3.00. The molecule has 0 saturated heterocycles. The zero-order valence-corrected chi connectivity index (χ0v) is 10.2. The highest BCUT2D eigenvalue weighted by atomic mass is 79.9. The molecule has 0 amide bonds. The van der Waals surface area contributed by atoms with E-state index in [2.05, 4.69) is 15.9 Å². The predicted molar refractivity (Wildman–Crippen MR) is 62.1 cm³/mol. The summed E-state index contributed by atoms with van der Waals surface area (Å²) >= 11 is 8.91. The van der Waals surface area contributed by atoms with Crippen LogP contribution < -0.4 is 5.73 Å². The summed E-state index contributed by atoms with van der Waals surface area (Å²) in [5.41, 5.74) is 5.98. The minimum atomic E-state index is -0.616. The molecule has 0 spiro atoms. The van der Waals surface area contributed by atoms with E-state index in [-0.39, 0.29) is 29.8 Å². The summed E-state index contributed by atoms with van der Waals surface area (Å²) in [5, 5.41) is 18.5. The van der Waals surface area contributed by atoms with Crippen LogP contribution in [0.1, 0.15) is 11.6 Å². The lowest BCUT2D eigenvalue weighted by Gasteiger charge is -2.12. The fourth-order valence-corrected chi connectivity index (χ4v) is 1.80. The maximum absolute atomic E-state index is 9.48. The average Bonchev–Trinajstić information content (AvgIpc) is 2.10. The fraction of sp³-hybridized carbons (Fsp3) is 0.250. The largest absolute Gasteiger partial charge is 0.506 e. The van der Waals surface area contributed by atoms with Crippen molar-refractivity contribution in [3.05, 3.63) is 27.2 Å². The normalized spacial score (nSPS) is 12.0. The van der Waals surface area contributed by atoms with Gasteiger partial charge in [-0.25, -0.2) is 0 Å². The lowest BCUT2D eigenvalue weighted by atomic mass is 10.1. The zero-order valence-electron chi connectivity index (χ0n) is 7.08. The van der Waals surface area contributed by atoms with Gasteiger partial charge in [0.25, 0.3) is 0 Å². The van der Waals surface area contributed by atoms with Crippen molar-refractivity contribution >= 4 is 39.9 Å². The molecule has 3 nitrogen and oxygen atoms in total. The van der Waals surface area contributed by atoms with Crippen LogP contribution >= 0.6 is 39.9 Å². The molecule has 0 aliphatic rings. The Morgan fingerprint density at radius 3 is 2.57 bits per heavy atom. The number of phenolic OH excluding ortho intramolecular Hbond substituents is 1. The highest BCUT2D eigenvalue weighted by Gasteiger charge is 2.13. The Bertz CT molecular complexity index is 322. The van der Waals surface area contributed by atoms with Crippen LogP contribution in [0.25, 0.3) is 0 Å². The highest BCUT2D eigenvalue weighted by molar-refractivity contribution is 9.10. The fourth-order valence-electron chi connectivity index (χ4n) is 0.967. The van der Waals surface area contributed by atoms with Crippen LogP contribution in [0.15, 0.2) is 16.6 Å². The lowest BCUT2D eigenvalue weighted by molar-refractivity contribution is 0.265. The number of hydrogen-bond donors (Lipinski definition) is 3. The van der Waals surface area contributed by atoms with Crippen LogP contribution in [0.5, 0.6) is 5.75 Å². The van der Waals surface area contributed by atoms with E-state index in [1.165, 1.54) is 0 Å². The summed E-state index contributed by atoms with van der Waals surface area (Å²) in [4.78, 5) is 0. The van der Waals surface area contributed by atoms with Crippen LogP contribution in [0, 0.1) is 0 Å². The van der Waals surface area contributed by atoms with Crippen molar-refractivity contribution in [2.45, 2.75) is 6.04 Å². The van der Waals surface area contributed by atoms with Gasteiger partial charge in [0.15, 0.2) is 0 Å². The Morgan fingerprint density at radius 1 is 1.50 bits per heavy atom. The van der Waals surface area contributed by atoms with Crippen molar-refractivity contribution in [3.63, 3.8) is 0 Å². The first-order valence-electron chi connectivity index (χ1n) is 3.60. The van der Waals surface area contributed by atoms with Gasteiger partial charge in [-0.05, 0) is 12.1 Å². The average molecular weight is 303 g/mol. The molecule has 0 aliphatic heterocycles. The van der Waals surface area contributed by atoms with Crippen molar-refractivity contribution in [1.29, 1.82) is 0 Å². The Morgan fingerprint density at radius 2 is 2.07 bits per heavy atom. The summed E-state index contributed by atoms with van der Waals surface area (Å²) in [5.74, 6) is -0.0774. The molecule has 80 valence electrons. The van der Waals surface area contributed by atoms with E-state index in [0.717, 1.165) is 0 Å². The molecule has 0 fully saturated rings. The van der Waals surface area contributed by atoms with Gasteiger partial charge in [-0.2, -0.15) is 0 Å². The van der Waals surface area contributed by atoms with E-state index in [4.69, 9.17) is 22.4 Å². The van der Waals surface area contributed by atoms with Crippen molar-refractivity contribution in [2.24, 2.45) is 5.73 Å². The van der Waals surface area contributed by atoms with Gasteiger partial charge in [0.1, 0.15) is 5.75 Å². The molecule has 0 heterocycles. The standard InChI is InChI=1S/C8H9BrClNO2.ClH/c9-4-1-5(7(11)3-12)8(13)6(10)2-4;/h1-2,7,12-13H,3,11H2;1H/t7-;/m1./s1. The Kier molecular flexibility index (Phi) is 5.78. The minimum absolute atomic E-state index is 0. The summed E-state index contributed by atoms with van der Waals surface area (Å²) in [6, 6.07) is 2.57. The first-order valence-corrected chi connectivity index (χ1v) is 4.77. The zero-order chi connectivity index (χ0) is 10.0. The molecule has 0 aliphatic carbocycles. The maximum Gasteiger partial charge on any atom is 0.139 e. The Balaban J connectivity index is 0.00000169. The molecule has 1 aromatic carbocycles. The van der Waals surface area contributed by atoms with Crippen molar-refractivity contribution < 1.29 is 10.2 Å². The third-order valence-corrected chi connectivity index (χ3v) is 2.40. The van der Waals surface area contributed by atoms with Crippen LogP contribution in [-0.4, -0.2) is 16.8 Å². The maximum atomic E-state index is 9.48. The number of aliphatic hydroxyl groups excluding tert-OH is 1. The lowest BCUT2D eigenvalue weighted by Crippen LogP contribution is -2.14. The quantitative estimate of drug-likeness (QED) is 0.785. The third-order valence-electron chi connectivity index (χ3n) is 1.65. The molecule has 4 N–H and O–H groups in total. The van der Waals surface area contributed by atoms with Gasteiger partial charge < -0.3 is 15.9 Å². The summed E-state index contributed by atoms with van der Waals surface area (Å²) in [7, 11) is 0.